The maximum Gasteiger partial charge on any atom is 0.223 e. The lowest BCUT2D eigenvalue weighted by molar-refractivity contribution is -0.130. The van der Waals surface area contributed by atoms with Gasteiger partial charge in [0.15, 0.2) is 0 Å². The molecular formula is C8H19N3O. The van der Waals surface area contributed by atoms with Crippen LogP contribution in [-0.4, -0.2) is 56.5 Å². The highest BCUT2D eigenvalue weighted by atomic mass is 16.2. The van der Waals surface area contributed by atoms with Gasteiger partial charge in [0.25, 0.3) is 0 Å². The fraction of sp³-hybridized carbons (Fsp3) is 0.875. The second kappa shape index (κ2) is 5.97. The van der Waals surface area contributed by atoms with E-state index in [1.165, 1.54) is 0 Å². The molecule has 4 heteroatoms. The van der Waals surface area contributed by atoms with Gasteiger partial charge in [0.05, 0.1) is 0 Å². The Kier molecular flexibility index (Phi) is 5.66. The van der Waals surface area contributed by atoms with Gasteiger partial charge < -0.3 is 15.5 Å². The van der Waals surface area contributed by atoms with E-state index in [9.17, 15) is 4.79 Å². The van der Waals surface area contributed by atoms with Crippen molar-refractivity contribution in [1.82, 2.24) is 9.80 Å². The summed E-state index contributed by atoms with van der Waals surface area (Å²) < 4.78 is 0. The molecule has 0 heterocycles. The van der Waals surface area contributed by atoms with E-state index in [0.29, 0.717) is 19.5 Å². The van der Waals surface area contributed by atoms with Gasteiger partial charge in [-0.1, -0.05) is 0 Å². The first-order chi connectivity index (χ1) is 5.57. The van der Waals surface area contributed by atoms with Crippen molar-refractivity contribution in [3.8, 4) is 0 Å². The van der Waals surface area contributed by atoms with Crippen LogP contribution in [0.2, 0.25) is 0 Å². The molecular weight excluding hydrogens is 154 g/mol. The fourth-order valence-corrected chi connectivity index (χ4v) is 0.828. The number of nitrogens with two attached hydrogens (primary N) is 1. The summed E-state index contributed by atoms with van der Waals surface area (Å²) >= 11 is 0. The first-order valence-corrected chi connectivity index (χ1v) is 4.16. The second-order valence-electron chi connectivity index (χ2n) is 3.16. The van der Waals surface area contributed by atoms with E-state index in [2.05, 4.69) is 0 Å². The van der Waals surface area contributed by atoms with Crippen molar-refractivity contribution in [1.29, 1.82) is 0 Å². The molecule has 0 saturated carbocycles. The molecule has 72 valence electrons. The lowest BCUT2D eigenvalue weighted by atomic mass is 10.3. The van der Waals surface area contributed by atoms with Crippen molar-refractivity contribution in [3.05, 3.63) is 0 Å². The zero-order chi connectivity index (χ0) is 9.56. The summed E-state index contributed by atoms with van der Waals surface area (Å²) in [5.74, 6) is 0.161. The van der Waals surface area contributed by atoms with Crippen molar-refractivity contribution < 1.29 is 4.79 Å². The highest BCUT2D eigenvalue weighted by Crippen LogP contribution is 1.90. The number of likely N-dealkylation sites (N-methyl/N-ethyl adjacent to an activating group) is 1. The van der Waals surface area contributed by atoms with Crippen molar-refractivity contribution in [3.63, 3.8) is 0 Å². The summed E-state index contributed by atoms with van der Waals surface area (Å²) in [6.45, 7) is 1.98. The number of carbonyl (C=O) groups is 1. The molecule has 4 nitrogen and oxygen atoms in total. The SMILES string of the molecule is CN(C)CCC(=O)N(C)CCN. The van der Waals surface area contributed by atoms with Crippen molar-refractivity contribution in [2.45, 2.75) is 6.42 Å². The standard InChI is InChI=1S/C8H19N3O/c1-10(2)6-4-8(12)11(3)7-5-9/h4-7,9H2,1-3H3. The van der Waals surface area contributed by atoms with Gasteiger partial charge in [0.2, 0.25) is 5.91 Å². The van der Waals surface area contributed by atoms with Gasteiger partial charge >= 0.3 is 0 Å². The summed E-state index contributed by atoms with van der Waals surface area (Å²) in [6.07, 6.45) is 0.573. The van der Waals surface area contributed by atoms with Crippen LogP contribution in [-0.2, 0) is 4.79 Å². The van der Waals surface area contributed by atoms with Crippen molar-refractivity contribution in [2.75, 3.05) is 40.8 Å². The van der Waals surface area contributed by atoms with E-state index in [1.807, 2.05) is 19.0 Å². The Morgan fingerprint density at radius 3 is 2.25 bits per heavy atom. The van der Waals surface area contributed by atoms with E-state index < -0.39 is 0 Å². The Balaban J connectivity index is 3.57. The summed E-state index contributed by atoms with van der Waals surface area (Å²) in [7, 11) is 5.69. The zero-order valence-electron chi connectivity index (χ0n) is 8.21. The van der Waals surface area contributed by atoms with Gasteiger partial charge in [0, 0.05) is 33.1 Å². The Bertz CT molecular complexity index is 136. The highest BCUT2D eigenvalue weighted by molar-refractivity contribution is 5.76. The van der Waals surface area contributed by atoms with Gasteiger partial charge in [-0.2, -0.15) is 0 Å². The first kappa shape index (κ1) is 11.4. The first-order valence-electron chi connectivity index (χ1n) is 4.16. The number of carbonyl (C=O) groups excluding carboxylic acids is 1. The van der Waals surface area contributed by atoms with Crippen LogP contribution in [0, 0.1) is 0 Å². The van der Waals surface area contributed by atoms with E-state index in [1.54, 1.807) is 11.9 Å². The molecule has 0 spiro atoms. The van der Waals surface area contributed by atoms with E-state index in [4.69, 9.17) is 5.73 Å². The molecule has 0 aromatic heterocycles. The normalized spacial score (nSPS) is 10.4. The maximum absolute atomic E-state index is 11.3. The summed E-state index contributed by atoms with van der Waals surface area (Å²) in [5, 5.41) is 0. The van der Waals surface area contributed by atoms with Crippen LogP contribution in [0.25, 0.3) is 0 Å². The van der Waals surface area contributed by atoms with Crippen LogP contribution < -0.4 is 5.73 Å². The van der Waals surface area contributed by atoms with Gasteiger partial charge in [-0.25, -0.2) is 0 Å². The van der Waals surface area contributed by atoms with Crippen LogP contribution in [0.4, 0.5) is 0 Å². The van der Waals surface area contributed by atoms with Gasteiger partial charge in [-0.3, -0.25) is 4.79 Å². The molecule has 0 atom stereocenters. The lowest BCUT2D eigenvalue weighted by Gasteiger charge is -2.17. The Labute approximate surface area is 74.3 Å². The third-order valence-corrected chi connectivity index (χ3v) is 1.66. The molecule has 0 radical (unpaired) electrons. The quantitative estimate of drug-likeness (QED) is 0.601. The molecule has 0 aromatic rings. The molecule has 0 aromatic carbocycles. The topological polar surface area (TPSA) is 49.6 Å². The number of nitrogens with zero attached hydrogens (tertiary/aromatic N) is 2. The molecule has 0 aliphatic rings. The minimum absolute atomic E-state index is 0.161. The second-order valence-corrected chi connectivity index (χ2v) is 3.16. The monoisotopic (exact) mass is 173 g/mol. The summed E-state index contributed by atoms with van der Waals surface area (Å²) in [4.78, 5) is 14.9. The molecule has 0 fully saturated rings. The van der Waals surface area contributed by atoms with Crippen LogP contribution in [0.3, 0.4) is 0 Å². The number of rotatable bonds is 5. The molecule has 2 N–H and O–H groups in total. The Morgan fingerprint density at radius 1 is 1.25 bits per heavy atom. The number of hydrogen-bond donors (Lipinski definition) is 1. The Morgan fingerprint density at radius 2 is 1.83 bits per heavy atom. The van der Waals surface area contributed by atoms with Crippen LogP contribution >= 0.6 is 0 Å². The van der Waals surface area contributed by atoms with Crippen molar-refractivity contribution in [2.24, 2.45) is 5.73 Å². The molecule has 0 saturated heterocycles. The van der Waals surface area contributed by atoms with Crippen molar-refractivity contribution >= 4 is 5.91 Å². The zero-order valence-corrected chi connectivity index (χ0v) is 8.21. The number of hydrogen-bond acceptors (Lipinski definition) is 3. The lowest BCUT2D eigenvalue weighted by Crippen LogP contribution is -2.33. The summed E-state index contributed by atoms with van der Waals surface area (Å²) in [6, 6.07) is 0. The predicted octanol–water partition coefficient (Wildman–Crippen LogP) is -0.645. The predicted molar refractivity (Wildman–Crippen MR) is 49.9 cm³/mol. The average molecular weight is 173 g/mol. The molecule has 1 amide bonds. The molecule has 12 heavy (non-hydrogen) atoms. The molecule has 0 aliphatic heterocycles. The number of amides is 1. The fourth-order valence-electron chi connectivity index (χ4n) is 0.828. The maximum atomic E-state index is 11.3. The van der Waals surface area contributed by atoms with Crippen LogP contribution in [0.15, 0.2) is 0 Å². The molecule has 0 aliphatic carbocycles. The average Bonchev–Trinajstić information content (AvgIpc) is 2.00. The molecule has 0 unspecified atom stereocenters. The minimum Gasteiger partial charge on any atom is -0.344 e. The highest BCUT2D eigenvalue weighted by Gasteiger charge is 2.06. The molecule has 0 rings (SSSR count). The van der Waals surface area contributed by atoms with Crippen LogP contribution in [0.1, 0.15) is 6.42 Å². The third kappa shape index (κ3) is 5.09. The summed E-state index contributed by atoms with van der Waals surface area (Å²) in [5.41, 5.74) is 5.32. The van der Waals surface area contributed by atoms with Crippen LogP contribution in [0.5, 0.6) is 0 Å². The largest absolute Gasteiger partial charge is 0.344 e. The van der Waals surface area contributed by atoms with Gasteiger partial charge in [0.1, 0.15) is 0 Å². The van der Waals surface area contributed by atoms with E-state index in [0.717, 1.165) is 6.54 Å². The third-order valence-electron chi connectivity index (χ3n) is 1.66. The molecule has 0 bridgehead atoms. The van der Waals surface area contributed by atoms with E-state index in [-0.39, 0.29) is 5.91 Å². The Hall–Kier alpha value is -0.610. The van der Waals surface area contributed by atoms with Gasteiger partial charge in [-0.05, 0) is 14.1 Å². The van der Waals surface area contributed by atoms with E-state index >= 15 is 0 Å². The minimum atomic E-state index is 0.161. The smallest absolute Gasteiger partial charge is 0.223 e. The van der Waals surface area contributed by atoms with Gasteiger partial charge in [-0.15, -0.1) is 0 Å².